The fourth-order valence-corrected chi connectivity index (χ4v) is 2.44. The van der Waals surface area contributed by atoms with E-state index in [2.05, 4.69) is 42.5 Å². The molecule has 0 spiro atoms. The van der Waals surface area contributed by atoms with Crippen LogP contribution in [0.3, 0.4) is 0 Å². The highest BCUT2D eigenvalue weighted by atomic mass is 16.1. The Bertz CT molecular complexity index is 744. The van der Waals surface area contributed by atoms with Gasteiger partial charge in [-0.25, -0.2) is 0 Å². The summed E-state index contributed by atoms with van der Waals surface area (Å²) in [6.07, 6.45) is 0.988. The van der Waals surface area contributed by atoms with Gasteiger partial charge in [-0.15, -0.1) is 0 Å². The maximum Gasteiger partial charge on any atom is 0.127 e. The topological polar surface area (TPSA) is 17.1 Å². The molecule has 3 rings (SSSR count). The Hall–Kier alpha value is -2.41. The molecule has 0 aliphatic carbocycles. The van der Waals surface area contributed by atoms with Crippen molar-refractivity contribution in [2.45, 2.75) is 12.8 Å². The van der Waals surface area contributed by atoms with Crippen LogP contribution in [0.2, 0.25) is 0 Å². The fraction of sp³-hybridized carbons (Fsp3) is 0.105. The first kappa shape index (κ1) is 12.6. The number of hydrogen-bond acceptors (Lipinski definition) is 1. The number of hydrogen-bond donors (Lipinski definition) is 0. The van der Waals surface area contributed by atoms with Gasteiger partial charge in [0, 0.05) is 5.92 Å². The molecule has 0 bridgehead atoms. The van der Waals surface area contributed by atoms with Gasteiger partial charge < -0.3 is 4.79 Å². The fourth-order valence-electron chi connectivity index (χ4n) is 2.44. The summed E-state index contributed by atoms with van der Waals surface area (Å²) in [6, 6.07) is 23.0. The van der Waals surface area contributed by atoms with Crippen LogP contribution in [0, 0.1) is 0 Å². The third kappa shape index (κ3) is 2.35. The molecule has 0 N–H and O–H groups in total. The minimum absolute atomic E-state index is 0.0558. The Kier molecular flexibility index (Phi) is 3.34. The van der Waals surface area contributed by atoms with Gasteiger partial charge in [0.15, 0.2) is 0 Å². The average Bonchev–Trinajstić information content (AvgIpc) is 2.54. The van der Waals surface area contributed by atoms with Crippen LogP contribution in [0.4, 0.5) is 0 Å². The molecular weight excluding hydrogens is 244 g/mol. The van der Waals surface area contributed by atoms with Crippen LogP contribution >= 0.6 is 0 Å². The zero-order chi connectivity index (χ0) is 13.9. The summed E-state index contributed by atoms with van der Waals surface area (Å²) >= 11 is 0. The number of benzene rings is 3. The van der Waals surface area contributed by atoms with Crippen LogP contribution in [0.5, 0.6) is 0 Å². The summed E-state index contributed by atoms with van der Waals surface area (Å²) in [6.45, 7) is 1.93. The first-order chi connectivity index (χ1) is 9.78. The van der Waals surface area contributed by atoms with Crippen LogP contribution in [0.1, 0.15) is 18.4 Å². The van der Waals surface area contributed by atoms with E-state index >= 15 is 0 Å². The van der Waals surface area contributed by atoms with Crippen molar-refractivity contribution < 1.29 is 4.79 Å². The Labute approximate surface area is 118 Å². The molecule has 0 aromatic heterocycles. The highest BCUT2D eigenvalue weighted by Gasteiger charge is 2.05. The summed E-state index contributed by atoms with van der Waals surface area (Å²) in [7, 11) is 0. The maximum absolute atomic E-state index is 10.9. The number of fused-ring (bicyclic) bond motifs is 1. The van der Waals surface area contributed by atoms with Crippen molar-refractivity contribution in [3.63, 3.8) is 0 Å². The summed E-state index contributed by atoms with van der Waals surface area (Å²) in [5.41, 5.74) is 3.48. The van der Waals surface area contributed by atoms with Gasteiger partial charge in [0.05, 0.1) is 0 Å². The van der Waals surface area contributed by atoms with E-state index in [9.17, 15) is 4.79 Å². The zero-order valence-corrected chi connectivity index (χ0v) is 11.4. The second-order valence-electron chi connectivity index (χ2n) is 5.11. The Morgan fingerprint density at radius 1 is 0.800 bits per heavy atom. The molecule has 0 aliphatic heterocycles. The van der Waals surface area contributed by atoms with Crippen molar-refractivity contribution in [2.24, 2.45) is 0 Å². The van der Waals surface area contributed by atoms with E-state index < -0.39 is 0 Å². The molecular formula is C19H16O. The summed E-state index contributed by atoms with van der Waals surface area (Å²) in [5, 5.41) is 2.38. The number of carbonyl (C=O) groups excluding carboxylic acids is 1. The van der Waals surface area contributed by atoms with E-state index in [-0.39, 0.29) is 5.92 Å². The SMILES string of the molecule is CC(C=O)c1ccc2ccc(-c3ccccc3)cc2c1. The third-order valence-electron chi connectivity index (χ3n) is 3.70. The van der Waals surface area contributed by atoms with Crippen LogP contribution in [0.15, 0.2) is 66.7 Å². The molecule has 1 atom stereocenters. The van der Waals surface area contributed by atoms with Gasteiger partial charge in [0.25, 0.3) is 0 Å². The molecule has 98 valence electrons. The molecule has 0 amide bonds. The minimum Gasteiger partial charge on any atom is -0.303 e. The van der Waals surface area contributed by atoms with E-state index in [0.29, 0.717) is 0 Å². The molecule has 1 nitrogen and oxygen atoms in total. The molecule has 0 saturated carbocycles. The third-order valence-corrected chi connectivity index (χ3v) is 3.70. The van der Waals surface area contributed by atoms with Crippen molar-refractivity contribution in [1.82, 2.24) is 0 Å². The summed E-state index contributed by atoms with van der Waals surface area (Å²) < 4.78 is 0. The minimum atomic E-state index is -0.0558. The molecule has 0 aliphatic rings. The molecule has 0 radical (unpaired) electrons. The van der Waals surface area contributed by atoms with E-state index in [1.807, 2.05) is 31.2 Å². The molecule has 0 fully saturated rings. The molecule has 3 aromatic rings. The molecule has 20 heavy (non-hydrogen) atoms. The van der Waals surface area contributed by atoms with Gasteiger partial charge in [-0.05, 0) is 33.5 Å². The summed E-state index contributed by atoms with van der Waals surface area (Å²) in [5.74, 6) is -0.0558. The van der Waals surface area contributed by atoms with Crippen LogP contribution in [0.25, 0.3) is 21.9 Å². The molecule has 0 saturated heterocycles. The summed E-state index contributed by atoms with van der Waals surface area (Å²) in [4.78, 5) is 10.9. The predicted octanol–water partition coefficient (Wildman–Crippen LogP) is 4.81. The normalized spacial score (nSPS) is 12.2. The first-order valence-corrected chi connectivity index (χ1v) is 6.82. The number of aldehydes is 1. The maximum atomic E-state index is 10.9. The lowest BCUT2D eigenvalue weighted by Crippen LogP contribution is -1.93. The lowest BCUT2D eigenvalue weighted by molar-refractivity contribution is -0.108. The lowest BCUT2D eigenvalue weighted by Gasteiger charge is -2.08. The Morgan fingerprint density at radius 3 is 2.30 bits per heavy atom. The first-order valence-electron chi connectivity index (χ1n) is 6.82. The van der Waals surface area contributed by atoms with Crippen molar-refractivity contribution >= 4 is 17.1 Å². The second-order valence-corrected chi connectivity index (χ2v) is 5.11. The van der Waals surface area contributed by atoms with E-state index in [1.54, 1.807) is 0 Å². The highest BCUT2D eigenvalue weighted by molar-refractivity contribution is 5.88. The Balaban J connectivity index is 2.12. The average molecular weight is 260 g/mol. The Morgan fingerprint density at radius 2 is 1.55 bits per heavy atom. The molecule has 1 heteroatoms. The predicted molar refractivity (Wildman–Crippen MR) is 83.9 cm³/mol. The standard InChI is InChI=1S/C19H16O/c1-14(13-20)17-9-7-16-8-10-18(12-19(16)11-17)15-5-3-2-4-6-15/h2-14H,1H3. The van der Waals surface area contributed by atoms with Crippen LogP contribution in [-0.4, -0.2) is 6.29 Å². The van der Waals surface area contributed by atoms with Crippen molar-refractivity contribution in [3.05, 3.63) is 72.3 Å². The van der Waals surface area contributed by atoms with Gasteiger partial charge >= 0.3 is 0 Å². The second kappa shape index (κ2) is 5.30. The number of rotatable bonds is 3. The van der Waals surface area contributed by atoms with Crippen LogP contribution in [-0.2, 0) is 4.79 Å². The van der Waals surface area contributed by atoms with Crippen molar-refractivity contribution in [1.29, 1.82) is 0 Å². The van der Waals surface area contributed by atoms with Gasteiger partial charge in [0.1, 0.15) is 6.29 Å². The largest absolute Gasteiger partial charge is 0.303 e. The molecule has 1 unspecified atom stereocenters. The smallest absolute Gasteiger partial charge is 0.127 e. The zero-order valence-electron chi connectivity index (χ0n) is 11.4. The quantitative estimate of drug-likeness (QED) is 0.618. The van der Waals surface area contributed by atoms with Gasteiger partial charge in [-0.3, -0.25) is 0 Å². The van der Waals surface area contributed by atoms with Crippen molar-refractivity contribution in [2.75, 3.05) is 0 Å². The van der Waals surface area contributed by atoms with Gasteiger partial charge in [0.2, 0.25) is 0 Å². The van der Waals surface area contributed by atoms with E-state index in [0.717, 1.165) is 11.8 Å². The van der Waals surface area contributed by atoms with Gasteiger partial charge in [-0.1, -0.05) is 67.6 Å². The molecule has 0 heterocycles. The van der Waals surface area contributed by atoms with E-state index in [4.69, 9.17) is 0 Å². The van der Waals surface area contributed by atoms with Crippen molar-refractivity contribution in [3.8, 4) is 11.1 Å². The lowest BCUT2D eigenvalue weighted by atomic mass is 9.96. The number of carbonyl (C=O) groups is 1. The highest BCUT2D eigenvalue weighted by Crippen LogP contribution is 2.26. The van der Waals surface area contributed by atoms with Crippen LogP contribution < -0.4 is 0 Å². The van der Waals surface area contributed by atoms with Gasteiger partial charge in [-0.2, -0.15) is 0 Å². The monoisotopic (exact) mass is 260 g/mol. The van der Waals surface area contributed by atoms with E-state index in [1.165, 1.54) is 21.9 Å². The molecule has 3 aromatic carbocycles.